The van der Waals surface area contributed by atoms with Crippen LogP contribution < -0.4 is 10.1 Å². The van der Waals surface area contributed by atoms with Gasteiger partial charge in [0.1, 0.15) is 5.75 Å². The SMILES string of the molecule is COc1ccccc1CCNCC1(C#N)CCC1. The summed E-state index contributed by atoms with van der Waals surface area (Å²) < 4.78 is 5.32. The van der Waals surface area contributed by atoms with Crippen LogP contribution in [-0.2, 0) is 6.42 Å². The minimum Gasteiger partial charge on any atom is -0.496 e. The zero-order valence-corrected chi connectivity index (χ0v) is 10.9. The normalized spacial score (nSPS) is 16.7. The van der Waals surface area contributed by atoms with Crippen molar-refractivity contribution in [2.24, 2.45) is 5.41 Å². The van der Waals surface area contributed by atoms with Gasteiger partial charge in [-0.05, 0) is 37.4 Å². The number of ether oxygens (including phenoxy) is 1. The van der Waals surface area contributed by atoms with Crippen LogP contribution in [0.25, 0.3) is 0 Å². The van der Waals surface area contributed by atoms with Crippen LogP contribution in [0.2, 0.25) is 0 Å². The largest absolute Gasteiger partial charge is 0.496 e. The first kappa shape index (κ1) is 12.9. The molecule has 1 fully saturated rings. The van der Waals surface area contributed by atoms with Crippen molar-refractivity contribution < 1.29 is 4.74 Å². The molecular weight excluding hydrogens is 224 g/mol. The lowest BCUT2D eigenvalue weighted by atomic mass is 9.70. The fourth-order valence-corrected chi connectivity index (χ4v) is 2.39. The summed E-state index contributed by atoms with van der Waals surface area (Å²) in [4.78, 5) is 0. The lowest BCUT2D eigenvalue weighted by molar-refractivity contribution is 0.208. The number of para-hydroxylation sites is 1. The average molecular weight is 244 g/mol. The molecule has 0 aliphatic heterocycles. The lowest BCUT2D eigenvalue weighted by Gasteiger charge is -2.35. The zero-order valence-electron chi connectivity index (χ0n) is 10.9. The van der Waals surface area contributed by atoms with E-state index in [1.54, 1.807) is 7.11 Å². The molecule has 0 amide bonds. The number of benzene rings is 1. The fraction of sp³-hybridized carbons (Fsp3) is 0.533. The second-order valence-corrected chi connectivity index (χ2v) is 4.98. The van der Waals surface area contributed by atoms with E-state index >= 15 is 0 Å². The molecule has 0 unspecified atom stereocenters. The van der Waals surface area contributed by atoms with Crippen molar-refractivity contribution in [1.29, 1.82) is 5.26 Å². The van der Waals surface area contributed by atoms with Crippen molar-refractivity contribution in [2.75, 3.05) is 20.2 Å². The molecule has 1 aliphatic rings. The van der Waals surface area contributed by atoms with E-state index in [0.29, 0.717) is 0 Å². The predicted molar refractivity (Wildman–Crippen MR) is 71.5 cm³/mol. The van der Waals surface area contributed by atoms with Crippen molar-refractivity contribution >= 4 is 0 Å². The Bertz CT molecular complexity index is 432. The third-order valence-electron chi connectivity index (χ3n) is 3.77. The number of hydrogen-bond donors (Lipinski definition) is 1. The second kappa shape index (κ2) is 5.88. The molecule has 0 saturated heterocycles. The van der Waals surface area contributed by atoms with E-state index in [9.17, 15) is 0 Å². The van der Waals surface area contributed by atoms with E-state index in [0.717, 1.165) is 38.1 Å². The topological polar surface area (TPSA) is 45.0 Å². The molecule has 1 aromatic rings. The van der Waals surface area contributed by atoms with Crippen molar-refractivity contribution in [3.05, 3.63) is 29.8 Å². The summed E-state index contributed by atoms with van der Waals surface area (Å²) >= 11 is 0. The van der Waals surface area contributed by atoms with Gasteiger partial charge in [0.25, 0.3) is 0 Å². The number of nitrogens with zero attached hydrogens (tertiary/aromatic N) is 1. The molecular formula is C15H20N2O. The Morgan fingerprint density at radius 2 is 2.17 bits per heavy atom. The summed E-state index contributed by atoms with van der Waals surface area (Å²) in [5.74, 6) is 0.943. The molecule has 1 aliphatic carbocycles. The van der Waals surface area contributed by atoms with Crippen LogP contribution in [0.3, 0.4) is 0 Å². The molecule has 3 nitrogen and oxygen atoms in total. The van der Waals surface area contributed by atoms with Crippen LogP contribution in [0.15, 0.2) is 24.3 Å². The van der Waals surface area contributed by atoms with Crippen LogP contribution in [0.1, 0.15) is 24.8 Å². The van der Waals surface area contributed by atoms with Crippen molar-refractivity contribution in [3.8, 4) is 11.8 Å². The van der Waals surface area contributed by atoms with Crippen molar-refractivity contribution in [3.63, 3.8) is 0 Å². The average Bonchev–Trinajstić information content (AvgIpc) is 2.37. The zero-order chi connectivity index (χ0) is 12.8. The fourth-order valence-electron chi connectivity index (χ4n) is 2.39. The first-order valence-electron chi connectivity index (χ1n) is 6.53. The third-order valence-corrected chi connectivity index (χ3v) is 3.77. The Balaban J connectivity index is 1.77. The molecule has 0 heterocycles. The Kier molecular flexibility index (Phi) is 4.22. The lowest BCUT2D eigenvalue weighted by Crippen LogP contribution is -2.39. The molecule has 18 heavy (non-hydrogen) atoms. The van der Waals surface area contributed by atoms with Crippen molar-refractivity contribution in [1.82, 2.24) is 5.32 Å². The van der Waals surface area contributed by atoms with Gasteiger partial charge in [0, 0.05) is 6.54 Å². The Hall–Kier alpha value is -1.53. The minimum atomic E-state index is -0.0826. The summed E-state index contributed by atoms with van der Waals surface area (Å²) in [6, 6.07) is 10.5. The van der Waals surface area contributed by atoms with Gasteiger partial charge in [-0.2, -0.15) is 5.26 Å². The Labute approximate surface area is 109 Å². The molecule has 0 atom stereocenters. The van der Waals surface area contributed by atoms with E-state index in [2.05, 4.69) is 17.5 Å². The summed E-state index contributed by atoms with van der Waals surface area (Å²) in [5.41, 5.74) is 1.13. The summed E-state index contributed by atoms with van der Waals surface area (Å²) in [6.07, 6.45) is 4.23. The van der Waals surface area contributed by atoms with Crippen LogP contribution in [-0.4, -0.2) is 20.2 Å². The Morgan fingerprint density at radius 1 is 1.39 bits per heavy atom. The van der Waals surface area contributed by atoms with Gasteiger partial charge in [-0.25, -0.2) is 0 Å². The number of hydrogen-bond acceptors (Lipinski definition) is 3. The van der Waals surface area contributed by atoms with Gasteiger partial charge >= 0.3 is 0 Å². The molecule has 0 aromatic heterocycles. The van der Waals surface area contributed by atoms with Gasteiger partial charge in [-0.3, -0.25) is 0 Å². The number of nitrogens with one attached hydrogen (secondary N) is 1. The molecule has 96 valence electrons. The number of methoxy groups -OCH3 is 1. The smallest absolute Gasteiger partial charge is 0.122 e. The predicted octanol–water partition coefficient (Wildman–Crippen LogP) is 2.52. The first-order valence-corrected chi connectivity index (χ1v) is 6.53. The third kappa shape index (κ3) is 2.83. The number of nitriles is 1. The standard InChI is InChI=1S/C15H20N2O/c1-18-14-6-3-2-5-13(14)7-10-17-12-15(11-16)8-4-9-15/h2-3,5-6,17H,4,7-10,12H2,1H3. The minimum absolute atomic E-state index is 0.0826. The molecule has 1 aromatic carbocycles. The summed E-state index contributed by atoms with van der Waals surface area (Å²) in [7, 11) is 1.70. The van der Waals surface area contributed by atoms with Gasteiger partial charge in [-0.1, -0.05) is 24.6 Å². The molecule has 0 bridgehead atoms. The van der Waals surface area contributed by atoms with E-state index in [-0.39, 0.29) is 5.41 Å². The summed E-state index contributed by atoms with van der Waals surface area (Å²) in [6.45, 7) is 1.71. The van der Waals surface area contributed by atoms with E-state index < -0.39 is 0 Å². The van der Waals surface area contributed by atoms with E-state index in [4.69, 9.17) is 10.00 Å². The van der Waals surface area contributed by atoms with Crippen molar-refractivity contribution in [2.45, 2.75) is 25.7 Å². The molecule has 3 heteroatoms. The molecule has 1 N–H and O–H groups in total. The van der Waals surface area contributed by atoms with Crippen LogP contribution >= 0.6 is 0 Å². The van der Waals surface area contributed by atoms with Gasteiger partial charge in [-0.15, -0.1) is 0 Å². The van der Waals surface area contributed by atoms with Gasteiger partial charge in [0.2, 0.25) is 0 Å². The highest BCUT2D eigenvalue weighted by Crippen LogP contribution is 2.39. The van der Waals surface area contributed by atoms with Crippen LogP contribution in [0.4, 0.5) is 0 Å². The molecule has 0 radical (unpaired) electrons. The van der Waals surface area contributed by atoms with Gasteiger partial charge < -0.3 is 10.1 Å². The molecule has 2 rings (SSSR count). The van der Waals surface area contributed by atoms with Gasteiger partial charge in [0.15, 0.2) is 0 Å². The highest BCUT2D eigenvalue weighted by atomic mass is 16.5. The van der Waals surface area contributed by atoms with E-state index in [1.807, 2.05) is 18.2 Å². The van der Waals surface area contributed by atoms with Gasteiger partial charge in [0.05, 0.1) is 18.6 Å². The number of rotatable bonds is 6. The maximum absolute atomic E-state index is 9.13. The highest BCUT2D eigenvalue weighted by Gasteiger charge is 2.36. The van der Waals surface area contributed by atoms with Crippen LogP contribution in [0.5, 0.6) is 5.75 Å². The first-order chi connectivity index (χ1) is 8.79. The summed E-state index contributed by atoms with van der Waals surface area (Å²) in [5, 5.41) is 12.5. The second-order valence-electron chi connectivity index (χ2n) is 4.98. The molecule has 0 spiro atoms. The van der Waals surface area contributed by atoms with E-state index in [1.165, 1.54) is 12.0 Å². The Morgan fingerprint density at radius 3 is 2.78 bits per heavy atom. The van der Waals surface area contributed by atoms with Crippen LogP contribution in [0, 0.1) is 16.7 Å². The maximum atomic E-state index is 9.13. The monoisotopic (exact) mass is 244 g/mol. The molecule has 1 saturated carbocycles. The quantitative estimate of drug-likeness (QED) is 0.782. The maximum Gasteiger partial charge on any atom is 0.122 e. The highest BCUT2D eigenvalue weighted by molar-refractivity contribution is 5.33.